The van der Waals surface area contributed by atoms with Crippen LogP contribution in [0.25, 0.3) is 11.2 Å². The van der Waals surface area contributed by atoms with Crippen molar-refractivity contribution in [2.24, 2.45) is 0 Å². The highest BCUT2D eigenvalue weighted by atomic mass is 79.9. The normalized spacial score (nSPS) is 11.1. The lowest BCUT2D eigenvalue weighted by atomic mass is 10.2. The molecule has 0 N–H and O–H groups in total. The quantitative estimate of drug-likeness (QED) is 0.524. The molecule has 0 saturated carbocycles. The number of pyridine rings is 1. The maximum absolute atomic E-state index is 13.1. The van der Waals surface area contributed by atoms with Crippen LogP contribution in [0.1, 0.15) is 11.1 Å². The van der Waals surface area contributed by atoms with Crippen molar-refractivity contribution < 1.29 is 0 Å². The number of fused-ring (bicyclic) bond motifs is 1. The molecule has 4 nitrogen and oxygen atoms in total. The minimum absolute atomic E-state index is 0.0479. The second-order valence-electron chi connectivity index (χ2n) is 5.92. The number of nitrogens with zero attached hydrogens (tertiary/aromatic N) is 3. The van der Waals surface area contributed by atoms with Gasteiger partial charge in [0.1, 0.15) is 0 Å². The molecule has 4 aromatic rings. The average Bonchev–Trinajstić information content (AvgIpc) is 2.89. The zero-order valence-corrected chi connectivity index (χ0v) is 15.1. The van der Waals surface area contributed by atoms with E-state index in [-0.39, 0.29) is 5.69 Å². The predicted molar refractivity (Wildman–Crippen MR) is 103 cm³/mol. The molecule has 0 bridgehead atoms. The number of aromatic nitrogens is 3. The van der Waals surface area contributed by atoms with Gasteiger partial charge in [-0.05, 0) is 33.1 Å². The Morgan fingerprint density at radius 1 is 0.840 bits per heavy atom. The molecule has 0 amide bonds. The molecule has 0 fully saturated rings. The number of hydrogen-bond donors (Lipinski definition) is 0. The molecule has 0 atom stereocenters. The first-order valence-electron chi connectivity index (χ1n) is 8.05. The van der Waals surface area contributed by atoms with Crippen LogP contribution in [-0.2, 0) is 13.1 Å². The van der Waals surface area contributed by atoms with Gasteiger partial charge in [-0.1, -0.05) is 60.7 Å². The summed E-state index contributed by atoms with van der Waals surface area (Å²) in [6.45, 7) is 1.03. The maximum Gasteiger partial charge on any atom is 0.330 e. The van der Waals surface area contributed by atoms with Crippen molar-refractivity contribution in [3.63, 3.8) is 0 Å². The lowest BCUT2D eigenvalue weighted by Gasteiger charge is -2.03. The number of hydrogen-bond acceptors (Lipinski definition) is 2. The van der Waals surface area contributed by atoms with Gasteiger partial charge in [-0.3, -0.25) is 9.13 Å². The van der Waals surface area contributed by atoms with Crippen LogP contribution in [0.5, 0.6) is 0 Å². The Morgan fingerprint density at radius 3 is 2.00 bits per heavy atom. The van der Waals surface area contributed by atoms with Crippen molar-refractivity contribution in [3.8, 4) is 0 Å². The van der Waals surface area contributed by atoms with Gasteiger partial charge in [0.25, 0.3) is 0 Å². The third-order valence-electron chi connectivity index (χ3n) is 4.19. The molecule has 0 aliphatic heterocycles. The first-order chi connectivity index (χ1) is 12.2. The molecule has 2 aromatic carbocycles. The van der Waals surface area contributed by atoms with Crippen LogP contribution in [0, 0.1) is 0 Å². The standard InChI is InChI=1S/C20H16BrN3O/c21-17-11-18-19(22-12-17)24(14-16-9-5-2-6-10-16)20(25)23(18)13-15-7-3-1-4-8-15/h1-12H,13-14H2. The molecule has 2 heterocycles. The molecular weight excluding hydrogens is 378 g/mol. The zero-order valence-electron chi connectivity index (χ0n) is 13.5. The van der Waals surface area contributed by atoms with Crippen LogP contribution in [0.4, 0.5) is 0 Å². The third kappa shape index (κ3) is 3.15. The van der Waals surface area contributed by atoms with Crippen molar-refractivity contribution in [3.05, 3.63) is 99.0 Å². The van der Waals surface area contributed by atoms with Gasteiger partial charge in [-0.2, -0.15) is 0 Å². The SMILES string of the molecule is O=c1n(Cc2ccccc2)c2cc(Br)cnc2n1Cc1ccccc1. The molecule has 4 rings (SSSR count). The number of imidazole rings is 1. The fraction of sp³-hybridized carbons (Fsp3) is 0.100. The highest BCUT2D eigenvalue weighted by Crippen LogP contribution is 2.18. The monoisotopic (exact) mass is 393 g/mol. The molecule has 0 saturated heterocycles. The van der Waals surface area contributed by atoms with E-state index in [1.165, 1.54) is 0 Å². The van der Waals surface area contributed by atoms with Crippen LogP contribution in [-0.4, -0.2) is 14.1 Å². The van der Waals surface area contributed by atoms with Crippen LogP contribution in [0.15, 0.2) is 82.2 Å². The van der Waals surface area contributed by atoms with Gasteiger partial charge >= 0.3 is 5.69 Å². The largest absolute Gasteiger partial charge is 0.330 e. The van der Waals surface area contributed by atoms with E-state index < -0.39 is 0 Å². The second-order valence-corrected chi connectivity index (χ2v) is 6.84. The topological polar surface area (TPSA) is 39.8 Å². The lowest BCUT2D eigenvalue weighted by Crippen LogP contribution is -2.25. The molecule has 0 radical (unpaired) electrons. The van der Waals surface area contributed by atoms with Crippen molar-refractivity contribution in [2.45, 2.75) is 13.1 Å². The molecule has 0 unspecified atom stereocenters. The Bertz CT molecular complexity index is 1070. The van der Waals surface area contributed by atoms with E-state index in [9.17, 15) is 4.79 Å². The molecule has 5 heteroatoms. The Hall–Kier alpha value is -2.66. The number of halogens is 1. The van der Waals surface area contributed by atoms with Gasteiger partial charge in [0.2, 0.25) is 0 Å². The summed E-state index contributed by atoms with van der Waals surface area (Å²) in [5, 5.41) is 0. The minimum Gasteiger partial charge on any atom is -0.286 e. The first-order valence-corrected chi connectivity index (χ1v) is 8.84. The summed E-state index contributed by atoms with van der Waals surface area (Å²) in [4.78, 5) is 17.6. The molecule has 0 spiro atoms. The minimum atomic E-state index is -0.0479. The van der Waals surface area contributed by atoms with Crippen molar-refractivity contribution >= 4 is 27.1 Å². The van der Waals surface area contributed by atoms with Crippen molar-refractivity contribution in [1.29, 1.82) is 0 Å². The summed E-state index contributed by atoms with van der Waals surface area (Å²) in [5.74, 6) is 0. The fourth-order valence-corrected chi connectivity index (χ4v) is 3.31. The van der Waals surface area contributed by atoms with Crippen molar-refractivity contribution in [1.82, 2.24) is 14.1 Å². The van der Waals surface area contributed by atoms with Gasteiger partial charge in [-0.25, -0.2) is 9.78 Å². The molecule has 0 aliphatic rings. The molecule has 2 aromatic heterocycles. The summed E-state index contributed by atoms with van der Waals surface area (Å²) in [7, 11) is 0. The highest BCUT2D eigenvalue weighted by Gasteiger charge is 2.15. The van der Waals surface area contributed by atoms with Crippen molar-refractivity contribution in [2.75, 3.05) is 0 Å². The Morgan fingerprint density at radius 2 is 1.40 bits per heavy atom. The maximum atomic E-state index is 13.1. The van der Waals surface area contributed by atoms with Crippen LogP contribution in [0.3, 0.4) is 0 Å². The van der Waals surface area contributed by atoms with E-state index in [0.717, 1.165) is 21.1 Å². The summed E-state index contributed by atoms with van der Waals surface area (Å²) in [5.41, 5.74) is 3.65. The highest BCUT2D eigenvalue weighted by molar-refractivity contribution is 9.10. The first kappa shape index (κ1) is 15.8. The van der Waals surface area contributed by atoms with Crippen LogP contribution < -0.4 is 5.69 Å². The summed E-state index contributed by atoms with van der Waals surface area (Å²) >= 11 is 3.47. The van der Waals surface area contributed by atoms with E-state index in [0.29, 0.717) is 18.7 Å². The number of rotatable bonds is 4. The third-order valence-corrected chi connectivity index (χ3v) is 4.62. The van der Waals surface area contributed by atoms with E-state index in [4.69, 9.17) is 0 Å². The Balaban J connectivity index is 1.86. The summed E-state index contributed by atoms with van der Waals surface area (Å²) < 4.78 is 4.38. The average molecular weight is 394 g/mol. The predicted octanol–water partition coefficient (Wildman–Crippen LogP) is 4.06. The van der Waals surface area contributed by atoms with Crippen LogP contribution >= 0.6 is 15.9 Å². The molecule has 0 aliphatic carbocycles. The Kier molecular flexibility index (Phi) is 4.24. The fourth-order valence-electron chi connectivity index (χ4n) is 2.99. The molecule has 25 heavy (non-hydrogen) atoms. The smallest absolute Gasteiger partial charge is 0.286 e. The van der Waals surface area contributed by atoms with Gasteiger partial charge in [0.05, 0.1) is 18.6 Å². The summed E-state index contributed by atoms with van der Waals surface area (Å²) in [6.07, 6.45) is 1.73. The van der Waals surface area contributed by atoms with Gasteiger partial charge in [-0.15, -0.1) is 0 Å². The van der Waals surface area contributed by atoms with E-state index in [2.05, 4.69) is 20.9 Å². The second kappa shape index (κ2) is 6.69. The van der Waals surface area contributed by atoms with Crippen LogP contribution in [0.2, 0.25) is 0 Å². The summed E-state index contributed by atoms with van der Waals surface area (Å²) in [6, 6.07) is 21.9. The molecule has 124 valence electrons. The van der Waals surface area contributed by atoms with E-state index in [1.54, 1.807) is 15.3 Å². The van der Waals surface area contributed by atoms with Gasteiger partial charge < -0.3 is 0 Å². The van der Waals surface area contributed by atoms with Gasteiger partial charge in [0.15, 0.2) is 5.65 Å². The number of benzene rings is 2. The van der Waals surface area contributed by atoms with E-state index >= 15 is 0 Å². The van der Waals surface area contributed by atoms with E-state index in [1.807, 2.05) is 66.7 Å². The Labute approximate surface area is 153 Å². The van der Waals surface area contributed by atoms with Gasteiger partial charge in [0, 0.05) is 10.7 Å². The lowest BCUT2D eigenvalue weighted by molar-refractivity contribution is 0.698. The zero-order chi connectivity index (χ0) is 17.2. The molecular formula is C20H16BrN3O.